The highest BCUT2D eigenvalue weighted by molar-refractivity contribution is 14.1. The smallest absolute Gasteiger partial charge is 0.00590 e. The zero-order chi connectivity index (χ0) is 5.11. The van der Waals surface area contributed by atoms with Crippen molar-refractivity contribution >= 4 is 22.6 Å². The first kappa shape index (κ1) is 5.60. The first-order chi connectivity index (χ1) is 3.39. The SMILES string of the molecule is IC1=[C]CCCC1. The number of hydrogen-bond acceptors (Lipinski definition) is 0. The van der Waals surface area contributed by atoms with Crippen molar-refractivity contribution in [1.82, 2.24) is 0 Å². The molecule has 0 bridgehead atoms. The lowest BCUT2D eigenvalue weighted by Gasteiger charge is -2.03. The molecule has 0 saturated heterocycles. The third kappa shape index (κ3) is 1.80. The fourth-order valence-electron chi connectivity index (χ4n) is 0.718. The van der Waals surface area contributed by atoms with Gasteiger partial charge in [-0.15, -0.1) is 0 Å². The number of halogens is 1. The number of hydrogen-bond donors (Lipinski definition) is 0. The van der Waals surface area contributed by atoms with Crippen molar-refractivity contribution in [1.29, 1.82) is 0 Å². The Labute approximate surface area is 58.1 Å². The van der Waals surface area contributed by atoms with E-state index in [-0.39, 0.29) is 0 Å². The predicted molar refractivity (Wildman–Crippen MR) is 39.2 cm³/mol. The molecule has 0 N–H and O–H groups in total. The van der Waals surface area contributed by atoms with Crippen LogP contribution in [0.2, 0.25) is 0 Å². The van der Waals surface area contributed by atoms with E-state index in [0.29, 0.717) is 0 Å². The van der Waals surface area contributed by atoms with E-state index < -0.39 is 0 Å². The summed E-state index contributed by atoms with van der Waals surface area (Å²) < 4.78 is 1.43. The standard InChI is InChI=1S/C6H8I/c7-6-4-2-1-3-5-6/h1-4H2. The molecule has 0 aromatic heterocycles. The molecule has 0 aromatic carbocycles. The first-order valence-corrected chi connectivity index (χ1v) is 3.72. The lowest BCUT2D eigenvalue weighted by Crippen LogP contribution is -1.83. The van der Waals surface area contributed by atoms with Crippen LogP contribution in [0.25, 0.3) is 0 Å². The van der Waals surface area contributed by atoms with Gasteiger partial charge in [0, 0.05) is 0 Å². The van der Waals surface area contributed by atoms with Crippen LogP contribution in [-0.2, 0) is 0 Å². The minimum Gasteiger partial charge on any atom is -0.0489 e. The Kier molecular flexibility index (Phi) is 2.16. The largest absolute Gasteiger partial charge is 0.0489 e. The van der Waals surface area contributed by atoms with Crippen LogP contribution >= 0.6 is 22.6 Å². The van der Waals surface area contributed by atoms with Crippen LogP contribution in [0.4, 0.5) is 0 Å². The highest BCUT2D eigenvalue weighted by Gasteiger charge is 1.97. The summed E-state index contributed by atoms with van der Waals surface area (Å²) >= 11 is 2.36. The monoisotopic (exact) mass is 207 g/mol. The quantitative estimate of drug-likeness (QED) is 0.535. The van der Waals surface area contributed by atoms with Gasteiger partial charge in [0.05, 0.1) is 0 Å². The van der Waals surface area contributed by atoms with Gasteiger partial charge in [-0.05, 0) is 57.9 Å². The van der Waals surface area contributed by atoms with E-state index in [1.807, 2.05) is 0 Å². The highest BCUT2D eigenvalue weighted by Crippen LogP contribution is 2.20. The molecule has 0 unspecified atom stereocenters. The van der Waals surface area contributed by atoms with Crippen LogP contribution in [0.3, 0.4) is 0 Å². The molecule has 1 heteroatoms. The average molecular weight is 207 g/mol. The van der Waals surface area contributed by atoms with E-state index in [4.69, 9.17) is 0 Å². The molecule has 7 heavy (non-hydrogen) atoms. The highest BCUT2D eigenvalue weighted by atomic mass is 127. The topological polar surface area (TPSA) is 0 Å². The number of rotatable bonds is 0. The molecule has 0 fully saturated rings. The maximum Gasteiger partial charge on any atom is -0.00590 e. The molecule has 39 valence electrons. The Morgan fingerprint density at radius 1 is 1.43 bits per heavy atom. The van der Waals surface area contributed by atoms with Crippen LogP contribution < -0.4 is 0 Å². The lowest BCUT2D eigenvalue weighted by molar-refractivity contribution is 0.715. The van der Waals surface area contributed by atoms with Crippen LogP contribution in [0.15, 0.2) is 3.58 Å². The second-order valence-electron chi connectivity index (χ2n) is 1.79. The zero-order valence-electron chi connectivity index (χ0n) is 4.21. The molecule has 0 spiro atoms. The summed E-state index contributed by atoms with van der Waals surface area (Å²) in [6.07, 6.45) is 8.49. The molecule has 1 rings (SSSR count). The maximum atomic E-state index is 3.29. The van der Waals surface area contributed by atoms with Crippen LogP contribution in [-0.4, -0.2) is 0 Å². The summed E-state index contributed by atoms with van der Waals surface area (Å²) in [6, 6.07) is 0. The fraction of sp³-hybridized carbons (Fsp3) is 0.667. The van der Waals surface area contributed by atoms with E-state index in [1.54, 1.807) is 0 Å². The average Bonchev–Trinajstić information content (AvgIpc) is 1.69. The van der Waals surface area contributed by atoms with Crippen molar-refractivity contribution in [2.24, 2.45) is 0 Å². The third-order valence-corrected chi connectivity index (χ3v) is 2.06. The summed E-state index contributed by atoms with van der Waals surface area (Å²) in [5, 5.41) is 0. The summed E-state index contributed by atoms with van der Waals surface area (Å²) in [7, 11) is 0. The zero-order valence-corrected chi connectivity index (χ0v) is 6.36. The molecule has 0 nitrogen and oxygen atoms in total. The van der Waals surface area contributed by atoms with Gasteiger partial charge in [0.1, 0.15) is 0 Å². The van der Waals surface area contributed by atoms with Crippen LogP contribution in [0, 0.1) is 6.08 Å². The van der Waals surface area contributed by atoms with Crippen molar-refractivity contribution in [3.05, 3.63) is 9.66 Å². The van der Waals surface area contributed by atoms with Gasteiger partial charge in [-0.2, -0.15) is 0 Å². The first-order valence-electron chi connectivity index (χ1n) is 2.65. The minimum absolute atomic E-state index is 1.19. The van der Waals surface area contributed by atoms with Crippen LogP contribution in [0.5, 0.6) is 0 Å². The Balaban J connectivity index is 2.40. The van der Waals surface area contributed by atoms with Gasteiger partial charge in [0.15, 0.2) is 0 Å². The van der Waals surface area contributed by atoms with E-state index in [1.165, 1.54) is 29.3 Å². The molecule has 1 radical (unpaired) electrons. The third-order valence-electron chi connectivity index (χ3n) is 1.14. The van der Waals surface area contributed by atoms with Gasteiger partial charge in [0.2, 0.25) is 0 Å². The molecule has 1 aliphatic rings. The molecule has 0 saturated carbocycles. The maximum absolute atomic E-state index is 3.29. The molecule has 0 atom stereocenters. The van der Waals surface area contributed by atoms with Crippen molar-refractivity contribution < 1.29 is 0 Å². The normalized spacial score (nSPS) is 21.6. The summed E-state index contributed by atoms with van der Waals surface area (Å²) in [4.78, 5) is 0. The number of allylic oxidation sites excluding steroid dienone is 2. The van der Waals surface area contributed by atoms with Gasteiger partial charge in [0.25, 0.3) is 0 Å². The lowest BCUT2D eigenvalue weighted by atomic mass is 10.1. The molecule has 0 heterocycles. The molecule has 1 aliphatic carbocycles. The van der Waals surface area contributed by atoms with Crippen molar-refractivity contribution in [3.63, 3.8) is 0 Å². The van der Waals surface area contributed by atoms with Crippen molar-refractivity contribution in [2.45, 2.75) is 25.7 Å². The summed E-state index contributed by atoms with van der Waals surface area (Å²) in [5.41, 5.74) is 0. The van der Waals surface area contributed by atoms with Gasteiger partial charge in [-0.25, -0.2) is 0 Å². The van der Waals surface area contributed by atoms with Crippen LogP contribution in [0.1, 0.15) is 25.7 Å². The molecule has 0 aromatic rings. The Bertz CT molecular complexity index is 84.2. The second-order valence-corrected chi connectivity index (χ2v) is 3.09. The van der Waals surface area contributed by atoms with Gasteiger partial charge < -0.3 is 0 Å². The van der Waals surface area contributed by atoms with Crippen molar-refractivity contribution in [3.8, 4) is 0 Å². The second kappa shape index (κ2) is 2.70. The fourth-order valence-corrected chi connectivity index (χ4v) is 1.37. The Hall–Kier alpha value is 0.470. The summed E-state index contributed by atoms with van der Waals surface area (Å²) in [5.74, 6) is 0. The molecule has 0 aliphatic heterocycles. The molecule has 0 amide bonds. The molecular weight excluding hydrogens is 199 g/mol. The van der Waals surface area contributed by atoms with E-state index >= 15 is 0 Å². The van der Waals surface area contributed by atoms with Gasteiger partial charge >= 0.3 is 0 Å². The van der Waals surface area contributed by atoms with Gasteiger partial charge in [-0.1, -0.05) is 0 Å². The Morgan fingerprint density at radius 3 is 2.57 bits per heavy atom. The van der Waals surface area contributed by atoms with E-state index in [9.17, 15) is 0 Å². The predicted octanol–water partition coefficient (Wildman–Crippen LogP) is 2.68. The van der Waals surface area contributed by atoms with Gasteiger partial charge in [-0.3, -0.25) is 0 Å². The van der Waals surface area contributed by atoms with E-state index in [2.05, 4.69) is 28.7 Å². The van der Waals surface area contributed by atoms with E-state index in [0.717, 1.165) is 0 Å². The Morgan fingerprint density at radius 2 is 2.29 bits per heavy atom. The molecular formula is C6H8I. The van der Waals surface area contributed by atoms with Crippen molar-refractivity contribution in [2.75, 3.05) is 0 Å². The summed E-state index contributed by atoms with van der Waals surface area (Å²) in [6.45, 7) is 0. The minimum atomic E-state index is 1.19.